The first kappa shape index (κ1) is 14.7. The maximum Gasteiger partial charge on any atom is 0.435 e. The first-order chi connectivity index (χ1) is 6.95. The van der Waals surface area contributed by atoms with E-state index in [1.54, 1.807) is 0 Å². The van der Waals surface area contributed by atoms with Crippen molar-refractivity contribution in [3.05, 3.63) is 0 Å². The van der Waals surface area contributed by atoms with Gasteiger partial charge in [-0.2, -0.15) is 26.3 Å². The van der Waals surface area contributed by atoms with Crippen LogP contribution in [0.1, 0.15) is 0 Å². The first-order valence-electron chi connectivity index (χ1n) is 3.22. The Hall–Kier alpha value is -1.30. The highest BCUT2D eigenvalue weighted by Gasteiger charge is 2.71. The Labute approximate surface area is 89.7 Å². The summed E-state index contributed by atoms with van der Waals surface area (Å²) < 4.78 is 75.6. The monoisotopic (exact) mass is 269 g/mol. The number of ether oxygens (including phenoxy) is 1. The number of alkyl halides is 7. The van der Waals surface area contributed by atoms with Gasteiger partial charge in [-0.3, -0.25) is 5.32 Å². The van der Waals surface area contributed by atoms with Gasteiger partial charge in [0.1, 0.15) is 6.11 Å². The van der Waals surface area contributed by atoms with Crippen molar-refractivity contribution in [1.82, 2.24) is 5.32 Å². The smallest absolute Gasteiger partial charge is 0.356 e. The lowest BCUT2D eigenvalue weighted by molar-refractivity contribution is -0.274. The maximum absolute atomic E-state index is 12.0. The lowest BCUT2D eigenvalue weighted by Gasteiger charge is -2.31. The van der Waals surface area contributed by atoms with Crippen molar-refractivity contribution in [1.29, 1.82) is 0 Å². The summed E-state index contributed by atoms with van der Waals surface area (Å²) in [4.78, 5) is 5.44. The van der Waals surface area contributed by atoms with Crippen LogP contribution < -0.4 is 5.32 Å². The van der Waals surface area contributed by atoms with Gasteiger partial charge in [-0.15, -0.1) is 0 Å². The van der Waals surface area contributed by atoms with Crippen LogP contribution in [0.25, 0.3) is 0 Å². The van der Waals surface area contributed by atoms with Crippen LogP contribution in [0.4, 0.5) is 31.1 Å². The van der Waals surface area contributed by atoms with E-state index in [2.05, 4.69) is 22.8 Å². The molecule has 0 fully saturated rings. The molecule has 0 radical (unpaired) electrons. The third kappa shape index (κ3) is 2.85. The number of hydrogen-bond acceptors (Lipinski definition) is 2. The second-order valence-corrected chi connectivity index (χ2v) is 2.85. The zero-order valence-corrected chi connectivity index (χ0v) is 7.80. The summed E-state index contributed by atoms with van der Waals surface area (Å²) >= 11 is 4.29. The maximum atomic E-state index is 12.0. The summed E-state index contributed by atoms with van der Waals surface area (Å²) in [6.45, 7) is 0. The van der Waals surface area contributed by atoms with Crippen molar-refractivity contribution in [2.45, 2.75) is 17.4 Å². The second-order valence-electron chi connectivity index (χ2n) is 2.29. The van der Waals surface area contributed by atoms with Crippen LogP contribution in [-0.4, -0.2) is 23.4 Å². The van der Waals surface area contributed by atoms with E-state index < -0.39 is 23.4 Å². The molecule has 92 valence electrons. The molecule has 0 bridgehead atoms. The molecule has 0 aromatic heterocycles. The van der Waals surface area contributed by atoms with Crippen molar-refractivity contribution in [2.75, 3.05) is 0 Å². The first-order valence-corrected chi connectivity index (χ1v) is 3.60. The fourth-order valence-corrected chi connectivity index (χ4v) is 0.599. The minimum absolute atomic E-state index is 0.386. The third-order valence-electron chi connectivity index (χ3n) is 1.21. The van der Waals surface area contributed by atoms with E-state index in [0.29, 0.717) is 5.32 Å². The molecule has 0 aliphatic rings. The number of alkyl carbamates (subject to hydrolysis) is 1. The molecule has 0 heterocycles. The number of halogens is 7. The van der Waals surface area contributed by atoms with Gasteiger partial charge in [0.25, 0.3) is 0 Å². The molecule has 0 unspecified atom stereocenters. The summed E-state index contributed by atoms with van der Waals surface area (Å²) in [5.41, 5.74) is 0. The minimum atomic E-state index is -5.97. The highest BCUT2D eigenvalue weighted by atomic mass is 35.5. The predicted octanol–water partition coefficient (Wildman–Crippen LogP) is 2.36. The van der Waals surface area contributed by atoms with Gasteiger partial charge < -0.3 is 4.74 Å². The van der Waals surface area contributed by atoms with Crippen LogP contribution in [0, 0.1) is 12.5 Å². The zero-order valence-electron chi connectivity index (χ0n) is 7.04. The molecule has 0 aromatic rings. The Kier molecular flexibility index (Phi) is 3.94. The molecule has 1 N–H and O–H groups in total. The van der Waals surface area contributed by atoms with E-state index >= 15 is 0 Å². The van der Waals surface area contributed by atoms with Crippen LogP contribution in [0.2, 0.25) is 0 Å². The van der Waals surface area contributed by atoms with Gasteiger partial charge in [-0.05, 0) is 0 Å². The predicted molar refractivity (Wildman–Crippen MR) is 39.1 cm³/mol. The highest BCUT2D eigenvalue weighted by Crippen LogP contribution is 2.45. The van der Waals surface area contributed by atoms with Gasteiger partial charge in [-0.25, -0.2) is 4.79 Å². The van der Waals surface area contributed by atoms with Crippen molar-refractivity contribution in [3.63, 3.8) is 0 Å². The Morgan fingerprint density at radius 2 is 1.56 bits per heavy atom. The standard InChI is InChI=1S/C6H2ClF6NO2/c1-2-16-3(15)14-4(7,5(8,9)10)6(11,12)13/h1H,(H,14,15). The van der Waals surface area contributed by atoms with E-state index in [1.807, 2.05) is 0 Å². The molecule has 0 aromatic carbocycles. The van der Waals surface area contributed by atoms with Crippen molar-refractivity contribution in [2.24, 2.45) is 0 Å². The molecule has 10 heteroatoms. The van der Waals surface area contributed by atoms with E-state index in [-0.39, 0.29) is 0 Å². The summed E-state index contributed by atoms with van der Waals surface area (Å²) in [6.07, 6.45) is -8.67. The normalized spacial score (nSPS) is 12.9. The van der Waals surface area contributed by atoms with Gasteiger partial charge in [0.05, 0.1) is 0 Å². The topological polar surface area (TPSA) is 38.3 Å². The number of hydrogen-bond donors (Lipinski definition) is 1. The van der Waals surface area contributed by atoms with E-state index in [1.165, 1.54) is 0 Å². The molecule has 0 aliphatic heterocycles. The number of nitrogens with one attached hydrogen (secondary N) is 1. The number of terminal acetylenes is 1. The Morgan fingerprint density at radius 3 is 1.81 bits per heavy atom. The Morgan fingerprint density at radius 1 is 1.19 bits per heavy atom. The Balaban J connectivity index is 5.15. The molecule has 0 saturated heterocycles. The van der Waals surface area contributed by atoms with Crippen LogP contribution in [-0.2, 0) is 4.74 Å². The number of carbonyl (C=O) groups excluding carboxylic acids is 1. The lowest BCUT2D eigenvalue weighted by Crippen LogP contribution is -2.63. The average molecular weight is 270 g/mol. The SMILES string of the molecule is C#COC(=O)NC(Cl)(C(F)(F)F)C(F)(F)F. The molecular formula is C6H2ClF6NO2. The van der Waals surface area contributed by atoms with Crippen molar-refractivity contribution in [3.8, 4) is 12.5 Å². The van der Waals surface area contributed by atoms with E-state index in [9.17, 15) is 31.1 Å². The van der Waals surface area contributed by atoms with Crippen molar-refractivity contribution < 1.29 is 35.9 Å². The number of rotatable bonds is 1. The zero-order chi connectivity index (χ0) is 13.2. The molecule has 0 atom stereocenters. The highest BCUT2D eigenvalue weighted by molar-refractivity contribution is 6.25. The van der Waals surface area contributed by atoms with Crippen molar-refractivity contribution >= 4 is 17.7 Å². The molecule has 0 aliphatic carbocycles. The molecular weight excluding hydrogens is 268 g/mol. The number of carbonyl (C=O) groups is 1. The molecule has 0 spiro atoms. The largest absolute Gasteiger partial charge is 0.435 e. The summed E-state index contributed by atoms with van der Waals surface area (Å²) in [7, 11) is 0. The minimum Gasteiger partial charge on any atom is -0.356 e. The van der Waals surface area contributed by atoms with Gasteiger partial charge in [-0.1, -0.05) is 18.0 Å². The van der Waals surface area contributed by atoms with Gasteiger partial charge >= 0.3 is 23.4 Å². The van der Waals surface area contributed by atoms with Gasteiger partial charge in [0.15, 0.2) is 0 Å². The summed E-state index contributed by atoms with van der Waals surface area (Å²) in [5.74, 6) is 0. The quantitative estimate of drug-likeness (QED) is 0.343. The van der Waals surface area contributed by atoms with Crippen LogP contribution in [0.15, 0.2) is 0 Å². The molecule has 3 nitrogen and oxygen atoms in total. The molecule has 1 amide bonds. The molecule has 16 heavy (non-hydrogen) atoms. The lowest BCUT2D eigenvalue weighted by atomic mass is 10.2. The fourth-order valence-electron chi connectivity index (χ4n) is 0.522. The van der Waals surface area contributed by atoms with Crippen LogP contribution >= 0.6 is 11.6 Å². The second kappa shape index (κ2) is 4.29. The van der Waals surface area contributed by atoms with Crippen LogP contribution in [0.5, 0.6) is 0 Å². The fraction of sp³-hybridized carbons (Fsp3) is 0.500. The summed E-state index contributed by atoms with van der Waals surface area (Å²) in [6, 6.07) is 0. The third-order valence-corrected chi connectivity index (χ3v) is 1.73. The average Bonchev–Trinajstić information content (AvgIpc) is 1.99. The molecule has 0 rings (SSSR count). The van der Waals surface area contributed by atoms with Crippen LogP contribution in [0.3, 0.4) is 0 Å². The van der Waals surface area contributed by atoms with E-state index in [0.717, 1.165) is 6.11 Å². The molecule has 0 saturated carbocycles. The van der Waals surface area contributed by atoms with Gasteiger partial charge in [0.2, 0.25) is 0 Å². The Bertz CT molecular complexity index is 302. The van der Waals surface area contributed by atoms with E-state index in [4.69, 9.17) is 0 Å². The summed E-state index contributed by atoms with van der Waals surface area (Å²) in [5, 5.41) is 0.386. The number of amides is 1. The van der Waals surface area contributed by atoms with Gasteiger partial charge in [0, 0.05) is 0 Å².